The number of benzene rings is 2. The zero-order valence-corrected chi connectivity index (χ0v) is 13.6. The number of methoxy groups -OCH3 is 1. The molecule has 0 unspecified atom stereocenters. The summed E-state index contributed by atoms with van der Waals surface area (Å²) < 4.78 is 11.9. The van der Waals surface area contributed by atoms with E-state index >= 15 is 0 Å². The van der Waals surface area contributed by atoms with Crippen LogP contribution in [0.5, 0.6) is 17.2 Å². The lowest BCUT2D eigenvalue weighted by atomic mass is 9.69. The van der Waals surface area contributed by atoms with Gasteiger partial charge in [-0.15, -0.1) is 0 Å². The van der Waals surface area contributed by atoms with Gasteiger partial charge in [0.05, 0.1) is 7.11 Å². The number of hydrogen-bond donors (Lipinski definition) is 1. The van der Waals surface area contributed by atoms with Gasteiger partial charge in [-0.05, 0) is 31.7 Å². The van der Waals surface area contributed by atoms with E-state index in [1.165, 1.54) is 18.4 Å². The summed E-state index contributed by atoms with van der Waals surface area (Å²) in [5.74, 6) is 1.89. The fraction of sp³-hybridized carbons (Fsp3) is 0.400. The summed E-state index contributed by atoms with van der Waals surface area (Å²) in [5, 5.41) is 10.4. The van der Waals surface area contributed by atoms with Crippen LogP contribution in [0.1, 0.15) is 48.3 Å². The molecule has 0 amide bonds. The monoisotopic (exact) mass is 310 g/mol. The van der Waals surface area contributed by atoms with Crippen LogP contribution in [0.2, 0.25) is 0 Å². The quantitative estimate of drug-likeness (QED) is 0.877. The molecule has 2 aromatic rings. The van der Waals surface area contributed by atoms with Gasteiger partial charge in [0, 0.05) is 23.1 Å². The van der Waals surface area contributed by atoms with Crippen molar-refractivity contribution < 1.29 is 14.6 Å². The Bertz CT molecular complexity index is 738. The molecule has 0 radical (unpaired) electrons. The normalized spacial score (nSPS) is 25.4. The minimum atomic E-state index is -0.300. The predicted molar refractivity (Wildman–Crippen MR) is 89.4 cm³/mol. The average molecular weight is 310 g/mol. The maximum Gasteiger partial charge on any atom is 0.164 e. The Labute approximate surface area is 136 Å². The maximum absolute atomic E-state index is 10.4. The minimum absolute atomic E-state index is 0.240. The van der Waals surface area contributed by atoms with E-state index in [-0.39, 0.29) is 11.4 Å². The molecule has 1 fully saturated rings. The topological polar surface area (TPSA) is 38.7 Å². The number of phenols is 1. The van der Waals surface area contributed by atoms with Crippen LogP contribution in [-0.4, -0.2) is 12.2 Å². The zero-order chi connectivity index (χ0) is 16.0. The van der Waals surface area contributed by atoms with Gasteiger partial charge in [0.1, 0.15) is 11.4 Å². The number of ether oxygens (including phenoxy) is 2. The van der Waals surface area contributed by atoms with E-state index in [0.29, 0.717) is 11.7 Å². The third-order valence-electron chi connectivity index (χ3n) is 5.50. The van der Waals surface area contributed by atoms with Gasteiger partial charge < -0.3 is 14.6 Å². The number of fused-ring (bicyclic) bond motifs is 3. The van der Waals surface area contributed by atoms with Gasteiger partial charge in [-0.3, -0.25) is 0 Å². The van der Waals surface area contributed by atoms with Crippen molar-refractivity contribution in [2.45, 2.75) is 44.1 Å². The Balaban J connectivity index is 1.91. The molecule has 1 aliphatic heterocycles. The van der Waals surface area contributed by atoms with Crippen molar-refractivity contribution >= 4 is 0 Å². The lowest BCUT2D eigenvalue weighted by Gasteiger charge is -2.39. The summed E-state index contributed by atoms with van der Waals surface area (Å²) in [6, 6.07) is 12.4. The van der Waals surface area contributed by atoms with Crippen molar-refractivity contribution in [1.82, 2.24) is 0 Å². The molecule has 4 rings (SSSR count). The van der Waals surface area contributed by atoms with Crippen LogP contribution in [0.4, 0.5) is 0 Å². The second kappa shape index (κ2) is 5.19. The van der Waals surface area contributed by atoms with Crippen molar-refractivity contribution in [1.29, 1.82) is 0 Å². The standard InChI is InChI=1S/C20H22O3/c1-13-18-15-10-6-7-11-20(15,14-8-4-3-5-9-14)23-16(18)12-17(22-2)19(13)21/h3-5,8-9,12,15,21H,6-7,10-11H2,1-2H3/t15-,20+/m1/s1. The predicted octanol–water partition coefficient (Wildman–Crippen LogP) is 4.65. The molecule has 2 atom stereocenters. The van der Waals surface area contributed by atoms with Crippen LogP contribution in [0.3, 0.4) is 0 Å². The first-order valence-electron chi connectivity index (χ1n) is 8.32. The van der Waals surface area contributed by atoms with E-state index in [9.17, 15) is 5.11 Å². The van der Waals surface area contributed by atoms with E-state index < -0.39 is 0 Å². The Morgan fingerprint density at radius 2 is 2.00 bits per heavy atom. The summed E-state index contributed by atoms with van der Waals surface area (Å²) in [5.41, 5.74) is 2.99. The van der Waals surface area contributed by atoms with Crippen molar-refractivity contribution in [2.75, 3.05) is 7.11 Å². The van der Waals surface area contributed by atoms with Gasteiger partial charge >= 0.3 is 0 Å². The molecule has 0 saturated heterocycles. The van der Waals surface area contributed by atoms with Crippen molar-refractivity contribution in [3.8, 4) is 17.2 Å². The van der Waals surface area contributed by atoms with Gasteiger partial charge in [0.25, 0.3) is 0 Å². The molecule has 1 heterocycles. The van der Waals surface area contributed by atoms with E-state index in [1.54, 1.807) is 7.11 Å². The molecule has 3 nitrogen and oxygen atoms in total. The number of aromatic hydroxyl groups is 1. The second-order valence-corrected chi connectivity index (χ2v) is 6.62. The number of rotatable bonds is 2. The number of hydrogen-bond acceptors (Lipinski definition) is 3. The highest BCUT2D eigenvalue weighted by molar-refractivity contribution is 5.61. The van der Waals surface area contributed by atoms with Crippen LogP contribution in [-0.2, 0) is 5.60 Å². The lowest BCUT2D eigenvalue weighted by Crippen LogP contribution is -2.37. The van der Waals surface area contributed by atoms with E-state index in [1.807, 2.05) is 19.1 Å². The molecular formula is C20H22O3. The largest absolute Gasteiger partial charge is 0.504 e. The van der Waals surface area contributed by atoms with Crippen LogP contribution >= 0.6 is 0 Å². The fourth-order valence-electron chi connectivity index (χ4n) is 4.40. The SMILES string of the molecule is COc1cc2c(c(C)c1O)[C@H]1CCCC[C@@]1(c1ccccc1)O2. The van der Waals surface area contributed by atoms with Crippen LogP contribution in [0, 0.1) is 6.92 Å². The molecule has 2 aromatic carbocycles. The van der Waals surface area contributed by atoms with Gasteiger partial charge in [0.2, 0.25) is 0 Å². The maximum atomic E-state index is 10.4. The molecule has 120 valence electrons. The summed E-state index contributed by atoms with van der Waals surface area (Å²) in [4.78, 5) is 0. The fourth-order valence-corrected chi connectivity index (χ4v) is 4.40. The molecule has 2 aliphatic rings. The van der Waals surface area contributed by atoms with Crippen LogP contribution in [0.25, 0.3) is 0 Å². The van der Waals surface area contributed by atoms with Gasteiger partial charge in [-0.1, -0.05) is 36.8 Å². The van der Waals surface area contributed by atoms with Crippen LogP contribution < -0.4 is 9.47 Å². The van der Waals surface area contributed by atoms with E-state index in [2.05, 4.69) is 24.3 Å². The molecular weight excluding hydrogens is 288 g/mol. The van der Waals surface area contributed by atoms with Crippen molar-refractivity contribution in [3.63, 3.8) is 0 Å². The zero-order valence-electron chi connectivity index (χ0n) is 13.6. The van der Waals surface area contributed by atoms with Crippen molar-refractivity contribution in [3.05, 3.63) is 53.1 Å². The highest BCUT2D eigenvalue weighted by atomic mass is 16.5. The highest BCUT2D eigenvalue weighted by Gasteiger charge is 2.52. The first-order valence-corrected chi connectivity index (χ1v) is 8.32. The molecule has 23 heavy (non-hydrogen) atoms. The number of phenolic OH excluding ortho intramolecular Hbond substituents is 1. The highest BCUT2D eigenvalue weighted by Crippen LogP contribution is 2.60. The summed E-state index contributed by atoms with van der Waals surface area (Å²) in [7, 11) is 1.58. The smallest absolute Gasteiger partial charge is 0.164 e. The molecule has 3 heteroatoms. The van der Waals surface area contributed by atoms with Gasteiger partial charge in [0.15, 0.2) is 11.5 Å². The summed E-state index contributed by atoms with van der Waals surface area (Å²) >= 11 is 0. The molecule has 1 aliphatic carbocycles. The molecule has 0 spiro atoms. The first-order chi connectivity index (χ1) is 11.2. The Kier molecular flexibility index (Phi) is 3.26. The van der Waals surface area contributed by atoms with Gasteiger partial charge in [-0.25, -0.2) is 0 Å². The third-order valence-corrected chi connectivity index (χ3v) is 5.50. The Hall–Kier alpha value is -2.16. The molecule has 1 saturated carbocycles. The van der Waals surface area contributed by atoms with E-state index in [0.717, 1.165) is 29.7 Å². The summed E-state index contributed by atoms with van der Waals surface area (Å²) in [6.07, 6.45) is 4.48. The van der Waals surface area contributed by atoms with Crippen LogP contribution in [0.15, 0.2) is 36.4 Å². The summed E-state index contributed by atoms with van der Waals surface area (Å²) in [6.45, 7) is 1.97. The minimum Gasteiger partial charge on any atom is -0.504 e. The Morgan fingerprint density at radius 1 is 1.22 bits per heavy atom. The third kappa shape index (κ3) is 1.95. The molecule has 0 bridgehead atoms. The van der Waals surface area contributed by atoms with Crippen molar-refractivity contribution in [2.24, 2.45) is 0 Å². The lowest BCUT2D eigenvalue weighted by molar-refractivity contribution is 0.0319. The van der Waals surface area contributed by atoms with Gasteiger partial charge in [-0.2, -0.15) is 0 Å². The average Bonchev–Trinajstić information content (AvgIpc) is 2.94. The first kappa shape index (κ1) is 14.4. The van der Waals surface area contributed by atoms with E-state index in [4.69, 9.17) is 9.47 Å². The molecule has 1 N–H and O–H groups in total. The second-order valence-electron chi connectivity index (χ2n) is 6.62. The molecule has 0 aromatic heterocycles. The Morgan fingerprint density at radius 3 is 2.74 bits per heavy atom.